The highest BCUT2D eigenvalue weighted by atomic mass is 16.3. The summed E-state index contributed by atoms with van der Waals surface area (Å²) in [6.45, 7) is 2.52. The van der Waals surface area contributed by atoms with Crippen LogP contribution in [0, 0.1) is 0 Å². The summed E-state index contributed by atoms with van der Waals surface area (Å²) in [5, 5.41) is 22.7. The Morgan fingerprint density at radius 2 is 1.75 bits per heavy atom. The van der Waals surface area contributed by atoms with Crippen LogP contribution < -0.4 is 11.1 Å². The van der Waals surface area contributed by atoms with Crippen molar-refractivity contribution in [3.05, 3.63) is 65.2 Å². The lowest BCUT2D eigenvalue weighted by Gasteiger charge is -2.17. The molecule has 5 nitrogen and oxygen atoms in total. The quantitative estimate of drug-likeness (QED) is 0.597. The van der Waals surface area contributed by atoms with Crippen LogP contribution in [0.25, 0.3) is 0 Å². The summed E-state index contributed by atoms with van der Waals surface area (Å²) in [5.41, 5.74) is 7.66. The minimum atomic E-state index is -0.608. The van der Waals surface area contributed by atoms with Crippen LogP contribution in [0.3, 0.4) is 0 Å². The standard InChI is InChI=1S/C19H24N2O3/c1-13(2-3-14-4-6-16(7-5-14)19(20)24)21-12-18(23)15-8-10-17(22)11-9-15/h4-11,13,18,21-23H,2-3,12H2,1H3,(H2,20,24)/t13-,18+/m1/s1. The van der Waals surface area contributed by atoms with Gasteiger partial charge in [-0.3, -0.25) is 4.79 Å². The molecule has 24 heavy (non-hydrogen) atoms. The van der Waals surface area contributed by atoms with E-state index in [0.29, 0.717) is 12.1 Å². The fourth-order valence-corrected chi connectivity index (χ4v) is 2.45. The van der Waals surface area contributed by atoms with Gasteiger partial charge in [-0.15, -0.1) is 0 Å². The molecular weight excluding hydrogens is 304 g/mol. The van der Waals surface area contributed by atoms with Crippen LogP contribution in [0.4, 0.5) is 0 Å². The maximum Gasteiger partial charge on any atom is 0.248 e. The van der Waals surface area contributed by atoms with E-state index in [-0.39, 0.29) is 11.8 Å². The number of benzene rings is 2. The summed E-state index contributed by atoms with van der Waals surface area (Å²) in [6, 6.07) is 14.1. The Kier molecular flexibility index (Phi) is 6.35. The number of hydrogen-bond donors (Lipinski definition) is 4. The van der Waals surface area contributed by atoms with Crippen molar-refractivity contribution in [1.29, 1.82) is 0 Å². The molecule has 0 heterocycles. The maximum absolute atomic E-state index is 11.0. The molecule has 0 radical (unpaired) electrons. The highest BCUT2D eigenvalue weighted by Gasteiger charge is 2.10. The molecule has 0 saturated heterocycles. The lowest BCUT2D eigenvalue weighted by Crippen LogP contribution is -2.30. The highest BCUT2D eigenvalue weighted by molar-refractivity contribution is 5.92. The fourth-order valence-electron chi connectivity index (χ4n) is 2.45. The maximum atomic E-state index is 11.0. The van der Waals surface area contributed by atoms with Gasteiger partial charge in [-0.05, 0) is 55.2 Å². The zero-order valence-corrected chi connectivity index (χ0v) is 13.8. The van der Waals surface area contributed by atoms with Crippen molar-refractivity contribution in [2.75, 3.05) is 6.54 Å². The molecule has 5 heteroatoms. The summed E-state index contributed by atoms with van der Waals surface area (Å²) in [5.74, 6) is -0.227. The molecule has 0 bridgehead atoms. The number of carbonyl (C=O) groups excluding carboxylic acids is 1. The largest absolute Gasteiger partial charge is 0.508 e. The van der Waals surface area contributed by atoms with Crippen LogP contribution in [-0.4, -0.2) is 28.7 Å². The van der Waals surface area contributed by atoms with Crippen LogP contribution in [0.5, 0.6) is 5.75 Å². The Morgan fingerprint density at radius 1 is 1.12 bits per heavy atom. The van der Waals surface area contributed by atoms with Gasteiger partial charge in [0.25, 0.3) is 0 Å². The average molecular weight is 328 g/mol. The molecule has 0 aliphatic rings. The molecule has 0 aliphatic heterocycles. The molecule has 0 spiro atoms. The van der Waals surface area contributed by atoms with Crippen molar-refractivity contribution in [3.8, 4) is 5.75 Å². The Labute approximate surface area is 142 Å². The van der Waals surface area contributed by atoms with Crippen molar-refractivity contribution < 1.29 is 15.0 Å². The first kappa shape index (κ1) is 18.0. The van der Waals surface area contributed by atoms with E-state index in [2.05, 4.69) is 12.2 Å². The number of nitrogens with two attached hydrogens (primary N) is 1. The number of amides is 1. The van der Waals surface area contributed by atoms with Gasteiger partial charge in [0.1, 0.15) is 5.75 Å². The van der Waals surface area contributed by atoms with Gasteiger partial charge >= 0.3 is 0 Å². The number of aryl methyl sites for hydroxylation is 1. The van der Waals surface area contributed by atoms with Crippen LogP contribution in [-0.2, 0) is 6.42 Å². The van der Waals surface area contributed by atoms with Gasteiger partial charge in [0, 0.05) is 18.2 Å². The van der Waals surface area contributed by atoms with E-state index >= 15 is 0 Å². The number of phenolic OH excluding ortho intramolecular Hbond substituents is 1. The van der Waals surface area contributed by atoms with Crippen molar-refractivity contribution in [2.45, 2.75) is 31.9 Å². The van der Waals surface area contributed by atoms with Gasteiger partial charge in [-0.25, -0.2) is 0 Å². The first-order valence-electron chi connectivity index (χ1n) is 8.05. The number of hydrogen-bond acceptors (Lipinski definition) is 4. The number of carbonyl (C=O) groups is 1. The summed E-state index contributed by atoms with van der Waals surface area (Å²) in [4.78, 5) is 11.0. The van der Waals surface area contributed by atoms with E-state index < -0.39 is 12.0 Å². The topological polar surface area (TPSA) is 95.6 Å². The van der Waals surface area contributed by atoms with Crippen molar-refractivity contribution in [3.63, 3.8) is 0 Å². The summed E-state index contributed by atoms with van der Waals surface area (Å²) in [6.07, 6.45) is 1.18. The lowest BCUT2D eigenvalue weighted by atomic mass is 10.0. The molecule has 0 unspecified atom stereocenters. The van der Waals surface area contributed by atoms with E-state index in [0.717, 1.165) is 24.0 Å². The van der Waals surface area contributed by atoms with Crippen molar-refractivity contribution in [2.24, 2.45) is 5.73 Å². The summed E-state index contributed by atoms with van der Waals surface area (Å²) >= 11 is 0. The van der Waals surface area contributed by atoms with Crippen molar-refractivity contribution in [1.82, 2.24) is 5.32 Å². The average Bonchev–Trinajstić information content (AvgIpc) is 2.58. The number of aliphatic hydroxyl groups is 1. The normalized spacial score (nSPS) is 13.4. The predicted molar refractivity (Wildman–Crippen MR) is 93.8 cm³/mol. The van der Waals surface area contributed by atoms with Crippen LogP contribution in [0.15, 0.2) is 48.5 Å². The molecular formula is C19H24N2O3. The minimum Gasteiger partial charge on any atom is -0.508 e. The van der Waals surface area contributed by atoms with Gasteiger partial charge in [-0.2, -0.15) is 0 Å². The van der Waals surface area contributed by atoms with E-state index in [1.54, 1.807) is 36.4 Å². The van der Waals surface area contributed by atoms with Gasteiger partial charge in [0.05, 0.1) is 6.10 Å². The molecule has 2 rings (SSSR count). The second kappa shape index (κ2) is 8.47. The predicted octanol–water partition coefficient (Wildman–Crippen LogP) is 2.14. The van der Waals surface area contributed by atoms with Crippen LogP contribution in [0.1, 0.15) is 40.9 Å². The monoisotopic (exact) mass is 328 g/mol. The van der Waals surface area contributed by atoms with Crippen LogP contribution in [0.2, 0.25) is 0 Å². The van der Waals surface area contributed by atoms with E-state index in [1.807, 2.05) is 12.1 Å². The smallest absolute Gasteiger partial charge is 0.248 e. The second-order valence-electron chi connectivity index (χ2n) is 6.02. The SMILES string of the molecule is C[C@H](CCc1ccc(C(N)=O)cc1)NC[C@H](O)c1ccc(O)cc1. The molecule has 128 valence electrons. The number of primary amides is 1. The second-order valence-corrected chi connectivity index (χ2v) is 6.02. The van der Waals surface area contributed by atoms with Gasteiger partial charge < -0.3 is 21.3 Å². The molecule has 2 aromatic rings. The third-order valence-electron chi connectivity index (χ3n) is 4.04. The van der Waals surface area contributed by atoms with Gasteiger partial charge in [0.15, 0.2) is 0 Å². The van der Waals surface area contributed by atoms with E-state index in [9.17, 15) is 15.0 Å². The number of aromatic hydroxyl groups is 1. The molecule has 2 aromatic carbocycles. The zero-order chi connectivity index (χ0) is 17.5. The molecule has 0 saturated carbocycles. The molecule has 0 aliphatic carbocycles. The third kappa shape index (κ3) is 5.37. The van der Waals surface area contributed by atoms with E-state index in [4.69, 9.17) is 5.73 Å². The Morgan fingerprint density at radius 3 is 2.33 bits per heavy atom. The Balaban J connectivity index is 1.75. The lowest BCUT2D eigenvalue weighted by molar-refractivity contribution is 0.1000. The number of phenols is 1. The van der Waals surface area contributed by atoms with Crippen LogP contribution >= 0.6 is 0 Å². The number of rotatable bonds is 8. The zero-order valence-electron chi connectivity index (χ0n) is 13.8. The number of nitrogens with one attached hydrogen (secondary N) is 1. The third-order valence-corrected chi connectivity index (χ3v) is 4.04. The Bertz CT molecular complexity index is 653. The van der Waals surface area contributed by atoms with Gasteiger partial charge in [-0.1, -0.05) is 24.3 Å². The fraction of sp³-hybridized carbons (Fsp3) is 0.316. The first-order valence-corrected chi connectivity index (χ1v) is 8.05. The Hall–Kier alpha value is -2.37. The number of aliphatic hydroxyl groups excluding tert-OH is 1. The summed E-state index contributed by atoms with van der Waals surface area (Å²) in [7, 11) is 0. The molecule has 0 fully saturated rings. The van der Waals surface area contributed by atoms with Crippen molar-refractivity contribution >= 4 is 5.91 Å². The molecule has 0 aromatic heterocycles. The highest BCUT2D eigenvalue weighted by Crippen LogP contribution is 2.16. The minimum absolute atomic E-state index is 0.189. The molecule has 1 amide bonds. The van der Waals surface area contributed by atoms with Gasteiger partial charge in [0.2, 0.25) is 5.91 Å². The van der Waals surface area contributed by atoms with E-state index in [1.165, 1.54) is 0 Å². The first-order chi connectivity index (χ1) is 11.5. The molecule has 2 atom stereocenters. The molecule has 5 N–H and O–H groups in total. The summed E-state index contributed by atoms with van der Waals surface area (Å²) < 4.78 is 0.